The average Bonchev–Trinajstić information content (AvgIpc) is 2.30. The second-order valence-electron chi connectivity index (χ2n) is 3.52. The Balaban J connectivity index is 2.55. The number of rotatable bonds is 5. The van der Waals surface area contributed by atoms with E-state index in [4.69, 9.17) is 9.84 Å². The molecule has 1 atom stereocenters. The summed E-state index contributed by atoms with van der Waals surface area (Å²) in [5.74, 6) is -1.11. The summed E-state index contributed by atoms with van der Waals surface area (Å²) >= 11 is 0. The van der Waals surface area contributed by atoms with E-state index in [9.17, 15) is 15.0 Å². The summed E-state index contributed by atoms with van der Waals surface area (Å²) in [5.41, 5.74) is 0.199. The van der Waals surface area contributed by atoms with Crippen molar-refractivity contribution in [2.24, 2.45) is 0 Å². The lowest BCUT2D eigenvalue weighted by molar-refractivity contribution is 0.0609. The number of hydrogen-bond donors (Lipinski definition) is 4. The van der Waals surface area contributed by atoms with Crippen LogP contribution in [0.1, 0.15) is 10.4 Å². The summed E-state index contributed by atoms with van der Waals surface area (Å²) in [6.07, 6.45) is -0.783. The molecular weight excluding hydrogens is 226 g/mol. The van der Waals surface area contributed by atoms with Gasteiger partial charge in [-0.3, -0.25) is 4.79 Å². The highest BCUT2D eigenvalue weighted by molar-refractivity contribution is 5.94. The van der Waals surface area contributed by atoms with Crippen LogP contribution < -0.4 is 5.32 Å². The van der Waals surface area contributed by atoms with Gasteiger partial charge in [-0.1, -0.05) is 0 Å². The van der Waals surface area contributed by atoms with Gasteiger partial charge in [0.05, 0.1) is 12.7 Å². The maximum atomic E-state index is 11.6. The van der Waals surface area contributed by atoms with E-state index in [-0.39, 0.29) is 30.2 Å². The Morgan fingerprint density at radius 1 is 1.41 bits per heavy atom. The molecule has 0 fully saturated rings. The molecule has 0 aromatic heterocycles. The van der Waals surface area contributed by atoms with E-state index in [0.717, 1.165) is 6.07 Å². The first-order valence-corrected chi connectivity index (χ1v) is 5.01. The van der Waals surface area contributed by atoms with Crippen molar-refractivity contribution in [2.75, 3.05) is 20.3 Å². The SMILES string of the molecule is COCC(O)CNC(=O)c1ccc(O)c(O)c1. The minimum absolute atomic E-state index is 0.0499. The van der Waals surface area contributed by atoms with Crippen molar-refractivity contribution in [2.45, 2.75) is 6.10 Å². The number of phenols is 2. The van der Waals surface area contributed by atoms with Crippen LogP contribution in [0.2, 0.25) is 0 Å². The molecule has 0 saturated heterocycles. The van der Waals surface area contributed by atoms with Crippen molar-refractivity contribution in [3.63, 3.8) is 0 Å². The van der Waals surface area contributed by atoms with E-state index in [0.29, 0.717) is 0 Å². The number of carbonyl (C=O) groups is 1. The van der Waals surface area contributed by atoms with Crippen molar-refractivity contribution in [1.29, 1.82) is 0 Å². The highest BCUT2D eigenvalue weighted by Gasteiger charge is 2.10. The fourth-order valence-electron chi connectivity index (χ4n) is 1.23. The zero-order valence-electron chi connectivity index (χ0n) is 9.38. The number of methoxy groups -OCH3 is 1. The molecular formula is C11H15NO5. The van der Waals surface area contributed by atoms with Crippen molar-refractivity contribution in [3.8, 4) is 11.5 Å². The van der Waals surface area contributed by atoms with E-state index >= 15 is 0 Å². The minimum Gasteiger partial charge on any atom is -0.504 e. The standard InChI is InChI=1S/C11H15NO5/c1-17-6-8(13)5-12-11(16)7-2-3-9(14)10(15)4-7/h2-4,8,13-15H,5-6H2,1H3,(H,12,16). The number of phenolic OH excluding ortho intramolecular Hbond substituents is 2. The Kier molecular flexibility index (Phi) is 4.74. The van der Waals surface area contributed by atoms with Gasteiger partial charge in [0, 0.05) is 19.2 Å². The van der Waals surface area contributed by atoms with Gasteiger partial charge in [-0.05, 0) is 18.2 Å². The van der Waals surface area contributed by atoms with E-state index in [1.807, 2.05) is 0 Å². The molecule has 1 aromatic carbocycles. The predicted octanol–water partition coefficient (Wildman–Crippen LogP) is -0.165. The summed E-state index contributed by atoms with van der Waals surface area (Å²) in [5, 5.41) is 30.1. The molecule has 0 aliphatic heterocycles. The summed E-state index contributed by atoms with van der Waals surface area (Å²) in [4.78, 5) is 11.6. The third kappa shape index (κ3) is 3.93. The third-order valence-corrected chi connectivity index (χ3v) is 2.09. The van der Waals surface area contributed by atoms with Crippen molar-refractivity contribution >= 4 is 5.91 Å². The first-order valence-electron chi connectivity index (χ1n) is 5.01. The number of aromatic hydroxyl groups is 2. The predicted molar refractivity (Wildman–Crippen MR) is 60.0 cm³/mol. The lowest BCUT2D eigenvalue weighted by Crippen LogP contribution is -2.34. The first-order chi connectivity index (χ1) is 8.04. The largest absolute Gasteiger partial charge is 0.504 e. The van der Waals surface area contributed by atoms with Gasteiger partial charge < -0.3 is 25.4 Å². The van der Waals surface area contributed by atoms with Crippen LogP contribution in [0, 0.1) is 0 Å². The normalized spacial score (nSPS) is 12.1. The van der Waals surface area contributed by atoms with Gasteiger partial charge in [-0.15, -0.1) is 0 Å². The topological polar surface area (TPSA) is 99.0 Å². The number of aliphatic hydroxyl groups excluding tert-OH is 1. The number of benzene rings is 1. The molecule has 0 bridgehead atoms. The molecule has 4 N–H and O–H groups in total. The molecule has 0 saturated carbocycles. The highest BCUT2D eigenvalue weighted by Crippen LogP contribution is 2.24. The zero-order chi connectivity index (χ0) is 12.8. The van der Waals surface area contributed by atoms with Gasteiger partial charge >= 0.3 is 0 Å². The highest BCUT2D eigenvalue weighted by atomic mass is 16.5. The van der Waals surface area contributed by atoms with Crippen LogP contribution in [-0.2, 0) is 4.74 Å². The van der Waals surface area contributed by atoms with Crippen molar-refractivity contribution < 1.29 is 24.9 Å². The lowest BCUT2D eigenvalue weighted by atomic mass is 10.2. The van der Waals surface area contributed by atoms with Crippen molar-refractivity contribution in [3.05, 3.63) is 23.8 Å². The molecule has 1 amide bonds. The molecule has 0 spiro atoms. The second-order valence-corrected chi connectivity index (χ2v) is 3.52. The van der Waals surface area contributed by atoms with Crippen LogP contribution >= 0.6 is 0 Å². The molecule has 0 heterocycles. The Bertz CT molecular complexity index is 393. The fraction of sp³-hybridized carbons (Fsp3) is 0.364. The Hall–Kier alpha value is -1.79. The van der Waals surface area contributed by atoms with E-state index in [1.165, 1.54) is 19.2 Å². The Labute approximate surface area is 98.5 Å². The zero-order valence-corrected chi connectivity index (χ0v) is 9.38. The number of carbonyl (C=O) groups excluding carboxylic acids is 1. The number of nitrogens with one attached hydrogen (secondary N) is 1. The van der Waals surface area contributed by atoms with Gasteiger partial charge in [0.2, 0.25) is 0 Å². The molecule has 17 heavy (non-hydrogen) atoms. The Morgan fingerprint density at radius 2 is 2.12 bits per heavy atom. The third-order valence-electron chi connectivity index (χ3n) is 2.09. The number of amides is 1. The van der Waals surface area contributed by atoms with Crippen LogP contribution in [0.4, 0.5) is 0 Å². The average molecular weight is 241 g/mol. The van der Waals surface area contributed by atoms with Crippen LogP contribution in [-0.4, -0.2) is 47.6 Å². The molecule has 0 aliphatic carbocycles. The molecule has 0 aliphatic rings. The molecule has 0 radical (unpaired) electrons. The smallest absolute Gasteiger partial charge is 0.251 e. The fourth-order valence-corrected chi connectivity index (χ4v) is 1.23. The van der Waals surface area contributed by atoms with Gasteiger partial charge in [-0.2, -0.15) is 0 Å². The second kappa shape index (κ2) is 6.07. The molecule has 1 rings (SSSR count). The van der Waals surface area contributed by atoms with Gasteiger partial charge in [0.25, 0.3) is 5.91 Å². The maximum absolute atomic E-state index is 11.6. The monoisotopic (exact) mass is 241 g/mol. The maximum Gasteiger partial charge on any atom is 0.251 e. The van der Waals surface area contributed by atoms with Crippen molar-refractivity contribution in [1.82, 2.24) is 5.32 Å². The molecule has 1 aromatic rings. The Morgan fingerprint density at radius 3 is 2.71 bits per heavy atom. The van der Waals surface area contributed by atoms with Crippen LogP contribution in [0.25, 0.3) is 0 Å². The van der Waals surface area contributed by atoms with E-state index in [2.05, 4.69) is 5.32 Å². The molecule has 6 nitrogen and oxygen atoms in total. The quantitative estimate of drug-likeness (QED) is 0.537. The number of ether oxygens (including phenoxy) is 1. The molecule has 1 unspecified atom stereocenters. The first kappa shape index (κ1) is 13.3. The summed E-state index contributed by atoms with van der Waals surface area (Å²) in [7, 11) is 1.45. The minimum atomic E-state index is -0.783. The van der Waals surface area contributed by atoms with E-state index in [1.54, 1.807) is 0 Å². The van der Waals surface area contributed by atoms with Gasteiger partial charge in [0.15, 0.2) is 11.5 Å². The van der Waals surface area contributed by atoms with Gasteiger partial charge in [0.1, 0.15) is 0 Å². The van der Waals surface area contributed by atoms with Gasteiger partial charge in [-0.25, -0.2) is 0 Å². The van der Waals surface area contributed by atoms with E-state index < -0.39 is 12.0 Å². The molecule has 94 valence electrons. The van der Waals surface area contributed by atoms with Crippen LogP contribution in [0.3, 0.4) is 0 Å². The number of aliphatic hydroxyl groups is 1. The lowest BCUT2D eigenvalue weighted by Gasteiger charge is -2.11. The summed E-state index contributed by atoms with van der Waals surface area (Å²) < 4.78 is 4.70. The summed E-state index contributed by atoms with van der Waals surface area (Å²) in [6, 6.07) is 3.73. The van der Waals surface area contributed by atoms with Crippen LogP contribution in [0.15, 0.2) is 18.2 Å². The summed E-state index contributed by atoms with van der Waals surface area (Å²) in [6.45, 7) is 0.176. The number of hydrogen-bond acceptors (Lipinski definition) is 5. The molecule has 6 heteroatoms. The van der Waals surface area contributed by atoms with Crippen LogP contribution in [0.5, 0.6) is 11.5 Å².